The Kier molecular flexibility index (Phi) is 3.76. The Morgan fingerprint density at radius 2 is 1.89 bits per heavy atom. The minimum atomic E-state index is 0.570. The fourth-order valence-corrected chi connectivity index (χ4v) is 4.22. The van der Waals surface area contributed by atoms with Crippen molar-refractivity contribution in [1.29, 1.82) is 0 Å². The first-order chi connectivity index (χ1) is 8.74. The van der Waals surface area contributed by atoms with E-state index < -0.39 is 0 Å². The van der Waals surface area contributed by atoms with Gasteiger partial charge in [0, 0.05) is 31.2 Å². The van der Waals surface area contributed by atoms with E-state index in [9.17, 15) is 0 Å². The Morgan fingerprint density at radius 3 is 2.67 bits per heavy atom. The highest BCUT2D eigenvalue weighted by Crippen LogP contribution is 2.25. The van der Waals surface area contributed by atoms with Crippen LogP contribution in [0.15, 0.2) is 0 Å². The number of hydrogen-bond donors (Lipinski definition) is 1. The van der Waals surface area contributed by atoms with Crippen LogP contribution in [0.25, 0.3) is 0 Å². The van der Waals surface area contributed by atoms with Gasteiger partial charge in [-0.15, -0.1) is 0 Å². The zero-order valence-electron chi connectivity index (χ0n) is 11.4. The summed E-state index contributed by atoms with van der Waals surface area (Å²) in [6.07, 6.45) is 8.07. The lowest BCUT2D eigenvalue weighted by Crippen LogP contribution is -2.59. The molecular weight excluding hydrogens is 242 g/mol. The summed E-state index contributed by atoms with van der Waals surface area (Å²) in [6, 6.07) is 1.97. The molecule has 2 aliphatic heterocycles. The largest absolute Gasteiger partial charge is 0.360 e. The average Bonchev–Trinajstić information content (AvgIpc) is 2.98. The van der Waals surface area contributed by atoms with Gasteiger partial charge in [-0.3, -0.25) is 4.90 Å². The van der Waals surface area contributed by atoms with Crippen molar-refractivity contribution in [1.82, 2.24) is 15.1 Å². The highest BCUT2D eigenvalue weighted by molar-refractivity contribution is 7.80. The summed E-state index contributed by atoms with van der Waals surface area (Å²) in [5, 5.41) is 4.61. The van der Waals surface area contributed by atoms with Gasteiger partial charge in [-0.05, 0) is 51.4 Å². The van der Waals surface area contributed by atoms with Crippen molar-refractivity contribution in [2.24, 2.45) is 0 Å². The molecule has 1 saturated carbocycles. The smallest absolute Gasteiger partial charge is 0.169 e. The van der Waals surface area contributed by atoms with Gasteiger partial charge in [-0.25, -0.2) is 0 Å². The summed E-state index contributed by atoms with van der Waals surface area (Å²) in [6.45, 7) is 5.94. The Hall–Kier alpha value is -0.350. The van der Waals surface area contributed by atoms with E-state index in [1.807, 2.05) is 0 Å². The van der Waals surface area contributed by atoms with Crippen LogP contribution in [0.1, 0.15) is 45.4 Å². The number of hydrogen-bond acceptors (Lipinski definition) is 2. The molecule has 3 aliphatic rings. The van der Waals surface area contributed by atoms with Crippen molar-refractivity contribution in [3.05, 3.63) is 0 Å². The molecule has 3 nitrogen and oxygen atoms in total. The van der Waals surface area contributed by atoms with Crippen LogP contribution in [0.3, 0.4) is 0 Å². The number of thiocarbonyl (C=S) groups is 1. The molecule has 2 unspecified atom stereocenters. The van der Waals surface area contributed by atoms with Crippen LogP contribution in [-0.2, 0) is 0 Å². The van der Waals surface area contributed by atoms with Crippen molar-refractivity contribution < 1.29 is 0 Å². The summed E-state index contributed by atoms with van der Waals surface area (Å²) in [4.78, 5) is 5.10. The maximum atomic E-state index is 5.64. The second-order valence-corrected chi connectivity index (χ2v) is 6.61. The molecule has 0 aromatic rings. The van der Waals surface area contributed by atoms with Gasteiger partial charge < -0.3 is 10.2 Å². The van der Waals surface area contributed by atoms with Gasteiger partial charge in [0.1, 0.15) is 0 Å². The van der Waals surface area contributed by atoms with E-state index in [-0.39, 0.29) is 0 Å². The lowest BCUT2D eigenvalue weighted by atomic mass is 10.1. The molecule has 18 heavy (non-hydrogen) atoms. The molecule has 0 spiro atoms. The van der Waals surface area contributed by atoms with Gasteiger partial charge in [0.2, 0.25) is 0 Å². The van der Waals surface area contributed by atoms with Gasteiger partial charge in [-0.1, -0.05) is 12.8 Å². The third-order valence-electron chi connectivity index (χ3n) is 4.88. The molecule has 2 atom stereocenters. The second kappa shape index (κ2) is 5.33. The van der Waals surface area contributed by atoms with E-state index >= 15 is 0 Å². The predicted molar refractivity (Wildman–Crippen MR) is 78.8 cm³/mol. The molecule has 4 heteroatoms. The molecule has 2 heterocycles. The molecule has 3 rings (SSSR count). The zero-order chi connectivity index (χ0) is 12.5. The number of piperazine rings is 1. The second-order valence-electron chi connectivity index (χ2n) is 6.22. The van der Waals surface area contributed by atoms with E-state index in [1.165, 1.54) is 51.6 Å². The third kappa shape index (κ3) is 2.50. The highest BCUT2D eigenvalue weighted by atomic mass is 32.1. The number of fused-ring (bicyclic) bond motifs is 1. The molecule has 0 amide bonds. The molecular formula is C14H25N3S. The summed E-state index contributed by atoms with van der Waals surface area (Å²) in [5.74, 6) is 0. The van der Waals surface area contributed by atoms with Gasteiger partial charge in [-0.2, -0.15) is 0 Å². The molecule has 1 N–H and O–H groups in total. The first kappa shape index (κ1) is 12.7. The third-order valence-corrected chi connectivity index (χ3v) is 5.23. The summed E-state index contributed by atoms with van der Waals surface area (Å²) >= 11 is 5.64. The lowest BCUT2D eigenvalue weighted by molar-refractivity contribution is 0.108. The minimum absolute atomic E-state index is 0.570. The first-order valence-electron chi connectivity index (χ1n) is 7.55. The van der Waals surface area contributed by atoms with E-state index in [2.05, 4.69) is 22.0 Å². The number of nitrogens with zero attached hydrogens (tertiary/aromatic N) is 2. The molecule has 2 saturated heterocycles. The number of rotatable bonds is 1. The van der Waals surface area contributed by atoms with Gasteiger partial charge >= 0.3 is 0 Å². The van der Waals surface area contributed by atoms with Crippen molar-refractivity contribution in [3.63, 3.8) is 0 Å². The quantitative estimate of drug-likeness (QED) is 0.732. The lowest BCUT2D eigenvalue weighted by Gasteiger charge is -2.44. The zero-order valence-corrected chi connectivity index (χ0v) is 12.2. The molecule has 0 bridgehead atoms. The van der Waals surface area contributed by atoms with Gasteiger partial charge in [0.15, 0.2) is 5.11 Å². The fourth-order valence-electron chi connectivity index (χ4n) is 3.80. The first-order valence-corrected chi connectivity index (χ1v) is 7.96. The van der Waals surface area contributed by atoms with Crippen LogP contribution in [0.5, 0.6) is 0 Å². The van der Waals surface area contributed by atoms with E-state index in [0.29, 0.717) is 12.1 Å². The number of nitrogens with one attached hydrogen (secondary N) is 1. The molecule has 0 aromatic heterocycles. The highest BCUT2D eigenvalue weighted by Gasteiger charge is 2.35. The van der Waals surface area contributed by atoms with E-state index in [1.54, 1.807) is 0 Å². The summed E-state index contributed by atoms with van der Waals surface area (Å²) < 4.78 is 0. The maximum Gasteiger partial charge on any atom is 0.169 e. The van der Waals surface area contributed by atoms with Gasteiger partial charge in [0.05, 0.1) is 0 Å². The monoisotopic (exact) mass is 267 g/mol. The normalized spacial score (nSPS) is 33.7. The summed E-state index contributed by atoms with van der Waals surface area (Å²) in [5.41, 5.74) is 0. The Morgan fingerprint density at radius 1 is 1.11 bits per heavy atom. The van der Waals surface area contributed by atoms with Crippen molar-refractivity contribution in [2.45, 2.75) is 63.6 Å². The van der Waals surface area contributed by atoms with Crippen LogP contribution in [0.4, 0.5) is 0 Å². The average molecular weight is 267 g/mol. The molecule has 102 valence electrons. The predicted octanol–water partition coefficient (Wildman–Crippen LogP) is 1.97. The van der Waals surface area contributed by atoms with E-state index in [4.69, 9.17) is 12.2 Å². The Bertz CT molecular complexity index is 314. The van der Waals surface area contributed by atoms with Crippen molar-refractivity contribution in [2.75, 3.05) is 19.6 Å². The van der Waals surface area contributed by atoms with Crippen LogP contribution in [-0.4, -0.2) is 52.7 Å². The van der Waals surface area contributed by atoms with Gasteiger partial charge in [0.25, 0.3) is 0 Å². The maximum absolute atomic E-state index is 5.64. The topological polar surface area (TPSA) is 18.5 Å². The minimum Gasteiger partial charge on any atom is -0.360 e. The van der Waals surface area contributed by atoms with Crippen LogP contribution < -0.4 is 5.32 Å². The van der Waals surface area contributed by atoms with Crippen molar-refractivity contribution in [3.8, 4) is 0 Å². The van der Waals surface area contributed by atoms with E-state index in [0.717, 1.165) is 17.7 Å². The van der Waals surface area contributed by atoms with Crippen LogP contribution in [0, 0.1) is 0 Å². The molecule has 0 aromatic carbocycles. The van der Waals surface area contributed by atoms with Crippen molar-refractivity contribution >= 4 is 17.3 Å². The Labute approximate surface area is 116 Å². The fraction of sp³-hybridized carbons (Fsp3) is 0.929. The Balaban J connectivity index is 1.58. The SMILES string of the molecule is CC1CN2CCCC2CN1C(=S)NC1CCCC1. The summed E-state index contributed by atoms with van der Waals surface area (Å²) in [7, 11) is 0. The molecule has 1 aliphatic carbocycles. The standard InChI is InChI=1S/C14H25N3S/c1-11-9-16-8-4-7-13(16)10-17(11)14(18)15-12-5-2-3-6-12/h11-13H,2-10H2,1H3,(H,15,18). The van der Waals surface area contributed by atoms with Crippen LogP contribution >= 0.6 is 12.2 Å². The molecule has 0 radical (unpaired) electrons. The molecule has 3 fully saturated rings. The van der Waals surface area contributed by atoms with Crippen LogP contribution in [0.2, 0.25) is 0 Å².